The fourth-order valence-electron chi connectivity index (χ4n) is 3.40. The van der Waals surface area contributed by atoms with Gasteiger partial charge in [-0.15, -0.1) is 0 Å². The Labute approximate surface area is 129 Å². The molecule has 0 aromatic carbocycles. The average Bonchev–Trinajstić information content (AvgIpc) is 2.88. The molecule has 0 aliphatic carbocycles. The molecule has 2 saturated heterocycles. The molecule has 5 nitrogen and oxygen atoms in total. The van der Waals surface area contributed by atoms with Crippen LogP contribution in [0.15, 0.2) is 0 Å². The van der Waals surface area contributed by atoms with Crippen LogP contribution in [0.2, 0.25) is 0 Å². The number of rotatable bonds is 7. The van der Waals surface area contributed by atoms with Crippen molar-refractivity contribution in [2.75, 3.05) is 32.0 Å². The van der Waals surface area contributed by atoms with Gasteiger partial charge in [-0.3, -0.25) is 0 Å². The average molecular weight is 318 g/mol. The fourth-order valence-corrected chi connectivity index (χ4v) is 4.78. The van der Waals surface area contributed by atoms with Crippen molar-refractivity contribution in [3.63, 3.8) is 0 Å². The highest BCUT2D eigenvalue weighted by atomic mass is 32.2. The summed E-state index contributed by atoms with van der Waals surface area (Å²) in [5.74, 6) is 0.903. The Morgan fingerprint density at radius 1 is 1.33 bits per heavy atom. The van der Waals surface area contributed by atoms with Gasteiger partial charge in [0.05, 0.1) is 11.9 Å². The molecule has 0 amide bonds. The Bertz CT molecular complexity index is 407. The number of hydrogen-bond acceptors (Lipinski definition) is 4. The topological polar surface area (TPSA) is 58.6 Å². The van der Waals surface area contributed by atoms with Crippen molar-refractivity contribution in [2.45, 2.75) is 58.1 Å². The quantitative estimate of drug-likeness (QED) is 0.774. The molecular formula is C15H30N2O3S. The van der Waals surface area contributed by atoms with Crippen LogP contribution in [0, 0.1) is 5.92 Å². The predicted molar refractivity (Wildman–Crippen MR) is 84.8 cm³/mol. The molecule has 2 aliphatic heterocycles. The number of hydrogen-bond donors (Lipinski definition) is 1. The van der Waals surface area contributed by atoms with Gasteiger partial charge in [0.1, 0.15) is 0 Å². The Morgan fingerprint density at radius 3 is 2.81 bits per heavy atom. The van der Waals surface area contributed by atoms with Crippen molar-refractivity contribution in [1.29, 1.82) is 0 Å². The van der Waals surface area contributed by atoms with E-state index in [1.165, 1.54) is 12.8 Å². The van der Waals surface area contributed by atoms with E-state index in [9.17, 15) is 8.42 Å². The van der Waals surface area contributed by atoms with Crippen molar-refractivity contribution in [3.05, 3.63) is 0 Å². The molecule has 21 heavy (non-hydrogen) atoms. The van der Waals surface area contributed by atoms with Crippen LogP contribution < -0.4 is 4.72 Å². The molecule has 6 heteroatoms. The minimum atomic E-state index is -3.19. The van der Waals surface area contributed by atoms with E-state index in [1.54, 1.807) is 0 Å². The third-order valence-corrected chi connectivity index (χ3v) is 5.92. The Morgan fingerprint density at radius 2 is 2.14 bits per heavy atom. The summed E-state index contributed by atoms with van der Waals surface area (Å²) in [6.45, 7) is 7.99. The van der Waals surface area contributed by atoms with Gasteiger partial charge in [-0.05, 0) is 51.5 Å². The lowest BCUT2D eigenvalue weighted by molar-refractivity contribution is 0.108. The number of sulfonamides is 1. The van der Waals surface area contributed by atoms with Gasteiger partial charge in [-0.25, -0.2) is 13.1 Å². The first-order chi connectivity index (χ1) is 9.94. The molecule has 2 rings (SSSR count). The van der Waals surface area contributed by atoms with Crippen molar-refractivity contribution in [1.82, 2.24) is 9.62 Å². The maximum Gasteiger partial charge on any atom is 0.211 e. The summed E-state index contributed by atoms with van der Waals surface area (Å²) in [5.41, 5.74) is 0. The summed E-state index contributed by atoms with van der Waals surface area (Å²) in [7, 11) is -3.19. The molecule has 0 saturated carbocycles. The fraction of sp³-hybridized carbons (Fsp3) is 1.00. The summed E-state index contributed by atoms with van der Waals surface area (Å²) in [6, 6.07) is -0.0233. The van der Waals surface area contributed by atoms with E-state index in [2.05, 4.69) is 16.5 Å². The van der Waals surface area contributed by atoms with Crippen LogP contribution in [0.3, 0.4) is 0 Å². The molecule has 124 valence electrons. The molecule has 3 atom stereocenters. The SMILES string of the molecule is C[C@@H]1CCCN(C[C@@H](C)NS(=O)(=O)CC[C@@H]2CCCO2)C1. The van der Waals surface area contributed by atoms with Crippen molar-refractivity contribution >= 4 is 10.0 Å². The summed E-state index contributed by atoms with van der Waals surface area (Å²) >= 11 is 0. The number of nitrogens with zero attached hydrogens (tertiary/aromatic N) is 1. The van der Waals surface area contributed by atoms with Gasteiger partial charge in [-0.1, -0.05) is 6.92 Å². The first-order valence-electron chi connectivity index (χ1n) is 8.28. The first-order valence-corrected chi connectivity index (χ1v) is 9.94. The van der Waals surface area contributed by atoms with Crippen LogP contribution in [0.4, 0.5) is 0 Å². The number of piperidine rings is 1. The van der Waals surface area contributed by atoms with Crippen molar-refractivity contribution in [3.8, 4) is 0 Å². The third-order valence-electron chi connectivity index (χ3n) is 4.39. The van der Waals surface area contributed by atoms with Crippen LogP contribution in [0.25, 0.3) is 0 Å². The van der Waals surface area contributed by atoms with E-state index < -0.39 is 10.0 Å². The lowest BCUT2D eigenvalue weighted by atomic mass is 10.00. The highest BCUT2D eigenvalue weighted by Crippen LogP contribution is 2.17. The molecule has 0 radical (unpaired) electrons. The van der Waals surface area contributed by atoms with Gasteiger partial charge in [0.25, 0.3) is 0 Å². The maximum atomic E-state index is 12.1. The lowest BCUT2D eigenvalue weighted by Crippen LogP contribution is -2.45. The molecule has 0 bridgehead atoms. The van der Waals surface area contributed by atoms with E-state index in [-0.39, 0.29) is 17.9 Å². The summed E-state index contributed by atoms with van der Waals surface area (Å²) in [4.78, 5) is 2.38. The highest BCUT2D eigenvalue weighted by molar-refractivity contribution is 7.89. The monoisotopic (exact) mass is 318 g/mol. The molecule has 2 heterocycles. The van der Waals surface area contributed by atoms with E-state index >= 15 is 0 Å². The van der Waals surface area contributed by atoms with E-state index in [4.69, 9.17) is 4.74 Å². The van der Waals surface area contributed by atoms with E-state index in [0.717, 1.165) is 45.0 Å². The maximum absolute atomic E-state index is 12.1. The van der Waals surface area contributed by atoms with Gasteiger partial charge < -0.3 is 9.64 Å². The summed E-state index contributed by atoms with van der Waals surface area (Å²) in [6.07, 6.45) is 5.32. The van der Waals surface area contributed by atoms with Gasteiger partial charge in [0.15, 0.2) is 0 Å². The molecule has 2 fully saturated rings. The molecule has 0 spiro atoms. The molecular weight excluding hydrogens is 288 g/mol. The van der Waals surface area contributed by atoms with Gasteiger partial charge in [-0.2, -0.15) is 0 Å². The molecule has 1 N–H and O–H groups in total. The van der Waals surface area contributed by atoms with Gasteiger partial charge in [0.2, 0.25) is 10.0 Å². The van der Waals surface area contributed by atoms with Gasteiger partial charge >= 0.3 is 0 Å². The minimum Gasteiger partial charge on any atom is -0.378 e. The van der Waals surface area contributed by atoms with Gasteiger partial charge in [0, 0.05) is 25.7 Å². The zero-order chi connectivity index (χ0) is 15.3. The molecule has 0 aromatic rings. The first kappa shape index (κ1) is 17.2. The van der Waals surface area contributed by atoms with Crippen LogP contribution in [-0.4, -0.2) is 57.5 Å². The lowest BCUT2D eigenvalue weighted by Gasteiger charge is -2.32. The van der Waals surface area contributed by atoms with Crippen LogP contribution in [0.1, 0.15) is 46.0 Å². The summed E-state index contributed by atoms with van der Waals surface area (Å²) in [5, 5.41) is 0. The molecule has 0 aromatic heterocycles. The zero-order valence-corrected chi connectivity index (χ0v) is 14.2. The Balaban J connectivity index is 1.70. The Hall–Kier alpha value is -0.170. The van der Waals surface area contributed by atoms with E-state index in [1.807, 2.05) is 6.92 Å². The molecule has 0 unspecified atom stereocenters. The standard InChI is InChI=1S/C15H30N2O3S/c1-13-5-3-8-17(11-13)12-14(2)16-21(18,19)10-7-15-6-4-9-20-15/h13-16H,3-12H2,1-2H3/t13-,14-,15+/m1/s1. The normalized spacial score (nSPS) is 29.6. The summed E-state index contributed by atoms with van der Waals surface area (Å²) < 4.78 is 32.5. The van der Waals surface area contributed by atoms with Crippen LogP contribution in [-0.2, 0) is 14.8 Å². The van der Waals surface area contributed by atoms with Crippen molar-refractivity contribution in [2.24, 2.45) is 5.92 Å². The second-order valence-electron chi connectivity index (χ2n) is 6.77. The third kappa shape index (κ3) is 6.22. The van der Waals surface area contributed by atoms with Crippen LogP contribution in [0.5, 0.6) is 0 Å². The molecule has 2 aliphatic rings. The smallest absolute Gasteiger partial charge is 0.211 e. The second kappa shape index (κ2) is 7.90. The van der Waals surface area contributed by atoms with Crippen LogP contribution >= 0.6 is 0 Å². The van der Waals surface area contributed by atoms with Crippen molar-refractivity contribution < 1.29 is 13.2 Å². The highest BCUT2D eigenvalue weighted by Gasteiger charge is 2.23. The Kier molecular flexibility index (Phi) is 6.47. The number of likely N-dealkylation sites (tertiary alicyclic amines) is 1. The largest absolute Gasteiger partial charge is 0.378 e. The van der Waals surface area contributed by atoms with E-state index in [0.29, 0.717) is 6.42 Å². The number of nitrogens with one attached hydrogen (secondary N) is 1. The number of ether oxygens (including phenoxy) is 1. The second-order valence-corrected chi connectivity index (χ2v) is 8.64. The zero-order valence-electron chi connectivity index (χ0n) is 13.4. The predicted octanol–water partition coefficient (Wildman–Crippen LogP) is 1.60. The minimum absolute atomic E-state index is 0.0233.